The van der Waals surface area contributed by atoms with E-state index in [0.717, 1.165) is 25.0 Å². The van der Waals surface area contributed by atoms with E-state index >= 15 is 0 Å². The molecule has 1 saturated carbocycles. The molecule has 0 bridgehead atoms. The molecular weight excluding hydrogens is 348 g/mol. The van der Waals surface area contributed by atoms with Crippen LogP contribution in [0.2, 0.25) is 0 Å². The van der Waals surface area contributed by atoms with Crippen LogP contribution in [0.15, 0.2) is 48.8 Å². The number of rotatable bonds is 5. The van der Waals surface area contributed by atoms with Crippen molar-refractivity contribution in [1.82, 2.24) is 9.97 Å². The van der Waals surface area contributed by atoms with Gasteiger partial charge in [0.25, 0.3) is 0 Å². The SMILES string of the molecule is CC(=O)c1cc(C2CC2)ccc1Nc1cnc(-c2c(F)cccc2F)nc1. The number of carbonyl (C=O) groups excluding carboxylic acids is 1. The number of hydrogen-bond acceptors (Lipinski definition) is 4. The number of benzene rings is 2. The zero-order valence-electron chi connectivity index (χ0n) is 14.7. The molecule has 2 aromatic carbocycles. The smallest absolute Gasteiger partial charge is 0.165 e. The van der Waals surface area contributed by atoms with Crippen LogP contribution >= 0.6 is 0 Å². The van der Waals surface area contributed by atoms with Gasteiger partial charge in [0.15, 0.2) is 11.6 Å². The second-order valence-electron chi connectivity index (χ2n) is 6.65. The molecule has 6 heteroatoms. The number of carbonyl (C=O) groups is 1. The van der Waals surface area contributed by atoms with E-state index in [-0.39, 0.29) is 17.2 Å². The highest BCUT2D eigenvalue weighted by Gasteiger charge is 2.24. The quantitative estimate of drug-likeness (QED) is 0.628. The molecule has 1 heterocycles. The summed E-state index contributed by atoms with van der Waals surface area (Å²) in [5.41, 5.74) is 2.69. The van der Waals surface area contributed by atoms with Gasteiger partial charge in [-0.15, -0.1) is 0 Å². The van der Waals surface area contributed by atoms with Crippen LogP contribution in [0, 0.1) is 11.6 Å². The van der Waals surface area contributed by atoms with Crippen LogP contribution < -0.4 is 5.32 Å². The number of hydrogen-bond donors (Lipinski definition) is 1. The molecule has 0 amide bonds. The molecule has 1 aromatic heterocycles. The maximum Gasteiger partial charge on any atom is 0.165 e. The number of nitrogens with one attached hydrogen (secondary N) is 1. The molecule has 0 spiro atoms. The van der Waals surface area contributed by atoms with Crippen molar-refractivity contribution in [3.05, 3.63) is 71.6 Å². The van der Waals surface area contributed by atoms with E-state index in [1.807, 2.05) is 18.2 Å². The normalized spacial score (nSPS) is 13.4. The lowest BCUT2D eigenvalue weighted by atomic mass is 10.0. The zero-order chi connectivity index (χ0) is 19.0. The lowest BCUT2D eigenvalue weighted by Crippen LogP contribution is -2.03. The third kappa shape index (κ3) is 3.56. The molecule has 0 aliphatic heterocycles. The van der Waals surface area contributed by atoms with E-state index in [2.05, 4.69) is 15.3 Å². The standard InChI is InChI=1S/C21H17F2N3O/c1-12(27)16-9-14(13-5-6-13)7-8-19(16)26-15-10-24-21(25-11-15)20-17(22)3-2-4-18(20)23/h2-4,7-11,13,26H,5-6H2,1H3. The fraction of sp³-hybridized carbons (Fsp3) is 0.190. The second kappa shape index (κ2) is 6.87. The van der Waals surface area contributed by atoms with E-state index in [1.165, 1.54) is 30.9 Å². The molecule has 0 saturated heterocycles. The van der Waals surface area contributed by atoms with Crippen LogP contribution in [-0.2, 0) is 0 Å². The van der Waals surface area contributed by atoms with Gasteiger partial charge in [0.2, 0.25) is 0 Å². The number of ketones is 1. The Bertz CT molecular complexity index is 994. The molecule has 3 aromatic rings. The molecule has 0 atom stereocenters. The average Bonchev–Trinajstić information content (AvgIpc) is 3.48. The van der Waals surface area contributed by atoms with Crippen molar-refractivity contribution < 1.29 is 13.6 Å². The highest BCUT2D eigenvalue weighted by Crippen LogP contribution is 2.41. The molecule has 1 aliphatic rings. The Balaban J connectivity index is 1.61. The van der Waals surface area contributed by atoms with Crippen molar-refractivity contribution >= 4 is 17.2 Å². The second-order valence-corrected chi connectivity index (χ2v) is 6.65. The van der Waals surface area contributed by atoms with E-state index in [9.17, 15) is 13.6 Å². The van der Waals surface area contributed by atoms with Crippen LogP contribution in [0.25, 0.3) is 11.4 Å². The highest BCUT2D eigenvalue weighted by molar-refractivity contribution is 6.00. The molecule has 0 radical (unpaired) electrons. The van der Waals surface area contributed by atoms with Gasteiger partial charge in [0.05, 0.1) is 23.6 Å². The van der Waals surface area contributed by atoms with E-state index in [0.29, 0.717) is 22.9 Å². The Morgan fingerprint density at radius 2 is 1.74 bits per heavy atom. The van der Waals surface area contributed by atoms with E-state index in [4.69, 9.17) is 0 Å². The summed E-state index contributed by atoms with van der Waals surface area (Å²) in [6, 6.07) is 9.42. The molecule has 1 aliphatic carbocycles. The van der Waals surface area contributed by atoms with E-state index < -0.39 is 11.6 Å². The van der Waals surface area contributed by atoms with Crippen molar-refractivity contribution in [2.45, 2.75) is 25.7 Å². The van der Waals surface area contributed by atoms with Crippen LogP contribution in [0.1, 0.15) is 41.6 Å². The van der Waals surface area contributed by atoms with Gasteiger partial charge in [-0.05, 0) is 55.5 Å². The third-order valence-electron chi connectivity index (χ3n) is 4.59. The zero-order valence-corrected chi connectivity index (χ0v) is 14.7. The van der Waals surface area contributed by atoms with Gasteiger partial charge in [-0.25, -0.2) is 18.7 Å². The molecule has 4 rings (SSSR count). The summed E-state index contributed by atoms with van der Waals surface area (Å²) in [6.07, 6.45) is 5.19. The first kappa shape index (κ1) is 17.3. The largest absolute Gasteiger partial charge is 0.352 e. The summed E-state index contributed by atoms with van der Waals surface area (Å²) in [6.45, 7) is 1.53. The third-order valence-corrected chi connectivity index (χ3v) is 4.59. The molecule has 0 unspecified atom stereocenters. The van der Waals surface area contributed by atoms with Crippen molar-refractivity contribution in [3.63, 3.8) is 0 Å². The minimum Gasteiger partial charge on any atom is -0.352 e. The van der Waals surface area contributed by atoms with Gasteiger partial charge in [-0.1, -0.05) is 12.1 Å². The average molecular weight is 365 g/mol. The van der Waals surface area contributed by atoms with Gasteiger partial charge in [-0.3, -0.25) is 4.79 Å². The topological polar surface area (TPSA) is 54.9 Å². The summed E-state index contributed by atoms with van der Waals surface area (Å²) in [5, 5.41) is 3.11. The minimum absolute atomic E-state index is 0.0352. The summed E-state index contributed by atoms with van der Waals surface area (Å²) >= 11 is 0. The maximum atomic E-state index is 13.9. The number of nitrogens with zero attached hydrogens (tertiary/aromatic N) is 2. The number of halogens is 2. The molecule has 1 N–H and O–H groups in total. The van der Waals surface area contributed by atoms with Crippen LogP contribution in [0.3, 0.4) is 0 Å². The fourth-order valence-electron chi connectivity index (χ4n) is 3.02. The summed E-state index contributed by atoms with van der Waals surface area (Å²) < 4.78 is 27.7. The van der Waals surface area contributed by atoms with Gasteiger partial charge >= 0.3 is 0 Å². The summed E-state index contributed by atoms with van der Waals surface area (Å²) in [4.78, 5) is 20.1. The van der Waals surface area contributed by atoms with Gasteiger partial charge in [0.1, 0.15) is 11.6 Å². The van der Waals surface area contributed by atoms with Crippen LogP contribution in [-0.4, -0.2) is 15.8 Å². The Labute approximate surface area is 155 Å². The Morgan fingerprint density at radius 1 is 1.07 bits per heavy atom. The molecule has 4 nitrogen and oxygen atoms in total. The predicted octanol–water partition coefficient (Wildman–Crippen LogP) is 5.25. The van der Waals surface area contributed by atoms with Crippen LogP contribution in [0.4, 0.5) is 20.2 Å². The lowest BCUT2D eigenvalue weighted by Gasteiger charge is -2.12. The maximum absolute atomic E-state index is 13.9. The van der Waals surface area contributed by atoms with Gasteiger partial charge in [0, 0.05) is 11.3 Å². The van der Waals surface area contributed by atoms with E-state index in [1.54, 1.807) is 0 Å². The number of anilines is 2. The fourth-order valence-corrected chi connectivity index (χ4v) is 3.02. The first-order chi connectivity index (χ1) is 13.0. The minimum atomic E-state index is -0.717. The molecular formula is C21H17F2N3O. The van der Waals surface area contributed by atoms with Crippen molar-refractivity contribution in [2.24, 2.45) is 0 Å². The Hall–Kier alpha value is -3.15. The first-order valence-corrected chi connectivity index (χ1v) is 8.71. The summed E-state index contributed by atoms with van der Waals surface area (Å²) in [7, 11) is 0. The Morgan fingerprint density at radius 3 is 2.33 bits per heavy atom. The Kier molecular flexibility index (Phi) is 4.39. The molecule has 1 fully saturated rings. The van der Waals surface area contributed by atoms with Gasteiger partial charge in [-0.2, -0.15) is 0 Å². The van der Waals surface area contributed by atoms with Crippen LogP contribution in [0.5, 0.6) is 0 Å². The van der Waals surface area contributed by atoms with Crippen molar-refractivity contribution in [1.29, 1.82) is 0 Å². The highest BCUT2D eigenvalue weighted by atomic mass is 19.1. The summed E-state index contributed by atoms with van der Waals surface area (Å²) in [5.74, 6) is -0.955. The monoisotopic (exact) mass is 365 g/mol. The molecule has 136 valence electrons. The van der Waals surface area contributed by atoms with Gasteiger partial charge < -0.3 is 5.32 Å². The lowest BCUT2D eigenvalue weighted by molar-refractivity contribution is 0.101. The first-order valence-electron chi connectivity index (χ1n) is 8.71. The molecule has 27 heavy (non-hydrogen) atoms. The predicted molar refractivity (Wildman–Crippen MR) is 99.1 cm³/mol. The number of aromatic nitrogens is 2. The number of Topliss-reactive ketones (excluding diaryl/α,β-unsaturated/α-hetero) is 1. The van der Waals surface area contributed by atoms with Crippen molar-refractivity contribution in [3.8, 4) is 11.4 Å². The van der Waals surface area contributed by atoms with Crippen molar-refractivity contribution in [2.75, 3.05) is 5.32 Å².